The Hall–Kier alpha value is -2.20. The Morgan fingerprint density at radius 3 is 2.24 bits per heavy atom. The molecule has 0 unspecified atom stereocenters. The Morgan fingerprint density at radius 1 is 1.05 bits per heavy atom. The van der Waals surface area contributed by atoms with Crippen molar-refractivity contribution in [3.8, 4) is 11.5 Å². The summed E-state index contributed by atoms with van der Waals surface area (Å²) in [5, 5.41) is 3.39. The van der Waals surface area contributed by atoms with E-state index in [-0.39, 0.29) is 5.91 Å². The highest BCUT2D eigenvalue weighted by molar-refractivity contribution is 6.31. The Morgan fingerprint density at radius 2 is 1.67 bits per heavy atom. The zero-order valence-electron chi connectivity index (χ0n) is 11.9. The van der Waals surface area contributed by atoms with Gasteiger partial charge in [-0.1, -0.05) is 17.7 Å². The minimum Gasteiger partial charge on any atom is -0.497 e. The highest BCUT2D eigenvalue weighted by atomic mass is 35.5. The Kier molecular flexibility index (Phi) is 5.06. The van der Waals surface area contributed by atoms with Crippen LogP contribution in [0.3, 0.4) is 0 Å². The number of carbonyl (C=O) groups excluding carboxylic acids is 1. The second-order valence-electron chi connectivity index (χ2n) is 4.37. The first-order chi connectivity index (χ1) is 10.1. The average Bonchev–Trinajstić information content (AvgIpc) is 2.53. The molecule has 0 fully saturated rings. The summed E-state index contributed by atoms with van der Waals surface area (Å²) in [6, 6.07) is 12.3. The van der Waals surface area contributed by atoms with Crippen LogP contribution >= 0.6 is 11.6 Å². The molecule has 0 bridgehead atoms. The summed E-state index contributed by atoms with van der Waals surface area (Å²) in [6.07, 6.45) is 0. The SMILES string of the molecule is COc1ccc(C(=O)NCc2ccc(OC)cc2Cl)cc1. The van der Waals surface area contributed by atoms with E-state index in [9.17, 15) is 4.79 Å². The third-order valence-corrected chi connectivity index (χ3v) is 3.40. The molecule has 2 aromatic carbocycles. The van der Waals surface area contributed by atoms with E-state index in [0.717, 1.165) is 5.56 Å². The van der Waals surface area contributed by atoms with Gasteiger partial charge in [-0.3, -0.25) is 4.79 Å². The minimum atomic E-state index is -0.162. The number of rotatable bonds is 5. The number of hydrogen-bond donors (Lipinski definition) is 1. The number of nitrogens with one attached hydrogen (secondary N) is 1. The first-order valence-electron chi connectivity index (χ1n) is 6.38. The van der Waals surface area contributed by atoms with Crippen LogP contribution in [0.15, 0.2) is 42.5 Å². The zero-order chi connectivity index (χ0) is 15.2. The van der Waals surface area contributed by atoms with Gasteiger partial charge in [0.1, 0.15) is 11.5 Å². The molecular weight excluding hydrogens is 290 g/mol. The summed E-state index contributed by atoms with van der Waals surface area (Å²) in [5.41, 5.74) is 1.40. The van der Waals surface area contributed by atoms with Gasteiger partial charge in [0.2, 0.25) is 0 Å². The van der Waals surface area contributed by atoms with Crippen molar-refractivity contribution in [3.63, 3.8) is 0 Å². The minimum absolute atomic E-state index is 0.162. The van der Waals surface area contributed by atoms with Crippen molar-refractivity contribution in [2.24, 2.45) is 0 Å². The van der Waals surface area contributed by atoms with Gasteiger partial charge in [-0.25, -0.2) is 0 Å². The average molecular weight is 306 g/mol. The highest BCUT2D eigenvalue weighted by Gasteiger charge is 2.07. The first-order valence-corrected chi connectivity index (χ1v) is 6.76. The summed E-state index contributed by atoms with van der Waals surface area (Å²) in [5.74, 6) is 1.24. The monoisotopic (exact) mass is 305 g/mol. The molecule has 0 aliphatic heterocycles. The van der Waals surface area contributed by atoms with Gasteiger partial charge in [0.15, 0.2) is 0 Å². The smallest absolute Gasteiger partial charge is 0.251 e. The van der Waals surface area contributed by atoms with Crippen LogP contribution in [-0.2, 0) is 6.54 Å². The lowest BCUT2D eigenvalue weighted by Crippen LogP contribution is -2.22. The predicted octanol–water partition coefficient (Wildman–Crippen LogP) is 3.29. The summed E-state index contributed by atoms with van der Waals surface area (Å²) in [4.78, 5) is 12.0. The number of halogens is 1. The maximum atomic E-state index is 12.0. The fourth-order valence-corrected chi connectivity index (χ4v) is 2.06. The van der Waals surface area contributed by atoms with Crippen LogP contribution in [0, 0.1) is 0 Å². The molecule has 110 valence electrons. The Labute approximate surface area is 128 Å². The summed E-state index contributed by atoms with van der Waals surface area (Å²) in [6.45, 7) is 0.355. The van der Waals surface area contributed by atoms with Crippen LogP contribution in [-0.4, -0.2) is 20.1 Å². The van der Waals surface area contributed by atoms with Crippen molar-refractivity contribution in [3.05, 3.63) is 58.6 Å². The van der Waals surface area contributed by atoms with Gasteiger partial charge >= 0.3 is 0 Å². The molecule has 0 aliphatic rings. The molecule has 5 heteroatoms. The number of hydrogen-bond acceptors (Lipinski definition) is 3. The van der Waals surface area contributed by atoms with Crippen molar-refractivity contribution < 1.29 is 14.3 Å². The van der Waals surface area contributed by atoms with Crippen molar-refractivity contribution in [2.45, 2.75) is 6.54 Å². The molecule has 1 amide bonds. The first kappa shape index (κ1) is 15.2. The van der Waals surface area contributed by atoms with Crippen molar-refractivity contribution in [1.29, 1.82) is 0 Å². The number of benzene rings is 2. The third kappa shape index (κ3) is 3.89. The van der Waals surface area contributed by atoms with E-state index in [1.54, 1.807) is 50.6 Å². The lowest BCUT2D eigenvalue weighted by Gasteiger charge is -2.09. The molecule has 0 radical (unpaired) electrons. The normalized spacial score (nSPS) is 10.0. The topological polar surface area (TPSA) is 47.6 Å². The van der Waals surface area contributed by atoms with Crippen molar-refractivity contribution >= 4 is 17.5 Å². The quantitative estimate of drug-likeness (QED) is 0.922. The molecule has 0 spiro atoms. The van der Waals surface area contributed by atoms with Crippen molar-refractivity contribution in [2.75, 3.05) is 14.2 Å². The molecule has 0 saturated carbocycles. The van der Waals surface area contributed by atoms with Crippen LogP contribution < -0.4 is 14.8 Å². The van der Waals surface area contributed by atoms with E-state index < -0.39 is 0 Å². The summed E-state index contributed by atoms with van der Waals surface area (Å²) < 4.78 is 10.1. The second kappa shape index (κ2) is 6.99. The standard InChI is InChI=1S/C16H16ClNO3/c1-20-13-6-3-11(4-7-13)16(19)18-10-12-5-8-14(21-2)9-15(12)17/h3-9H,10H2,1-2H3,(H,18,19). The molecule has 0 aromatic heterocycles. The summed E-state index contributed by atoms with van der Waals surface area (Å²) in [7, 11) is 3.16. The van der Waals surface area contributed by atoms with E-state index in [2.05, 4.69) is 5.32 Å². The third-order valence-electron chi connectivity index (χ3n) is 3.05. The molecule has 2 rings (SSSR count). The number of methoxy groups -OCH3 is 2. The number of carbonyl (C=O) groups is 1. The van der Waals surface area contributed by atoms with E-state index in [1.807, 2.05) is 6.07 Å². The molecule has 0 heterocycles. The Balaban J connectivity index is 2.00. The van der Waals surface area contributed by atoms with Gasteiger partial charge < -0.3 is 14.8 Å². The number of ether oxygens (including phenoxy) is 2. The van der Waals surface area contributed by atoms with E-state index in [4.69, 9.17) is 21.1 Å². The molecule has 4 nitrogen and oxygen atoms in total. The molecule has 2 aromatic rings. The highest BCUT2D eigenvalue weighted by Crippen LogP contribution is 2.22. The van der Waals surface area contributed by atoms with Gasteiger partial charge in [-0.2, -0.15) is 0 Å². The van der Waals surface area contributed by atoms with Crippen LogP contribution in [0.5, 0.6) is 11.5 Å². The van der Waals surface area contributed by atoms with Gasteiger partial charge in [-0.15, -0.1) is 0 Å². The molecule has 21 heavy (non-hydrogen) atoms. The van der Waals surface area contributed by atoms with Gasteiger partial charge in [0.25, 0.3) is 5.91 Å². The van der Waals surface area contributed by atoms with E-state index in [0.29, 0.717) is 28.6 Å². The largest absolute Gasteiger partial charge is 0.497 e. The van der Waals surface area contributed by atoms with Gasteiger partial charge in [0, 0.05) is 17.1 Å². The lowest BCUT2D eigenvalue weighted by molar-refractivity contribution is 0.0951. The number of amides is 1. The van der Waals surface area contributed by atoms with Crippen LogP contribution in [0.4, 0.5) is 0 Å². The second-order valence-corrected chi connectivity index (χ2v) is 4.78. The maximum absolute atomic E-state index is 12.0. The van der Waals surface area contributed by atoms with Crippen LogP contribution in [0.25, 0.3) is 0 Å². The maximum Gasteiger partial charge on any atom is 0.251 e. The molecular formula is C16H16ClNO3. The molecule has 0 aliphatic carbocycles. The van der Waals surface area contributed by atoms with E-state index in [1.165, 1.54) is 0 Å². The predicted molar refractivity (Wildman–Crippen MR) is 82.2 cm³/mol. The van der Waals surface area contributed by atoms with Crippen molar-refractivity contribution in [1.82, 2.24) is 5.32 Å². The molecule has 0 atom stereocenters. The lowest BCUT2D eigenvalue weighted by atomic mass is 10.2. The fraction of sp³-hybridized carbons (Fsp3) is 0.188. The van der Waals surface area contributed by atoms with Crippen LogP contribution in [0.2, 0.25) is 5.02 Å². The fourth-order valence-electron chi connectivity index (χ4n) is 1.82. The van der Waals surface area contributed by atoms with Gasteiger partial charge in [-0.05, 0) is 42.0 Å². The Bertz CT molecular complexity index is 626. The van der Waals surface area contributed by atoms with Crippen LogP contribution in [0.1, 0.15) is 15.9 Å². The molecule has 0 saturated heterocycles. The zero-order valence-corrected chi connectivity index (χ0v) is 12.6. The molecule has 1 N–H and O–H groups in total. The van der Waals surface area contributed by atoms with E-state index >= 15 is 0 Å². The van der Waals surface area contributed by atoms with Gasteiger partial charge in [0.05, 0.1) is 14.2 Å². The summed E-state index contributed by atoms with van der Waals surface area (Å²) >= 11 is 6.13.